The molecule has 1 atom stereocenters. The summed E-state index contributed by atoms with van der Waals surface area (Å²) in [5.74, 6) is 0.402. The van der Waals surface area contributed by atoms with Crippen molar-refractivity contribution >= 4 is 23.5 Å². The van der Waals surface area contributed by atoms with Crippen LogP contribution in [0, 0.1) is 0 Å². The number of hydrogen-bond donors (Lipinski definition) is 1. The number of esters is 2. The molecule has 3 rings (SSSR count). The normalized spacial score (nSPS) is 12.2. The number of anilines is 1. The lowest BCUT2D eigenvalue weighted by Gasteiger charge is -2.29. The maximum atomic E-state index is 13.8. The Bertz CT molecular complexity index is 1520. The van der Waals surface area contributed by atoms with Crippen LogP contribution in [0.15, 0.2) is 66.7 Å². The molecule has 0 saturated heterocycles. The van der Waals surface area contributed by atoms with E-state index >= 15 is 0 Å². The SMILES string of the molecule is CCCCCC(CC(=O)Nc1cc(C(C)(C)COC(=O)CCC(=O)OCc2ccccc2)ccc1C(C)(C)C)c1ccc(OC)cc1OC. The van der Waals surface area contributed by atoms with Gasteiger partial charge in [0.1, 0.15) is 24.7 Å². The molecule has 0 heterocycles. The summed E-state index contributed by atoms with van der Waals surface area (Å²) in [7, 11) is 3.27. The minimum atomic E-state index is -0.557. The van der Waals surface area contributed by atoms with Gasteiger partial charge in [0.2, 0.25) is 5.91 Å². The number of nitrogens with one attached hydrogen (secondary N) is 1. The van der Waals surface area contributed by atoms with Crippen molar-refractivity contribution in [1.29, 1.82) is 0 Å². The van der Waals surface area contributed by atoms with E-state index in [9.17, 15) is 14.4 Å². The van der Waals surface area contributed by atoms with Crippen LogP contribution in [0.2, 0.25) is 0 Å². The number of amides is 1. The Labute approximate surface area is 292 Å². The first-order valence-electron chi connectivity index (χ1n) is 17.3. The number of carbonyl (C=O) groups is 3. The van der Waals surface area contributed by atoms with E-state index < -0.39 is 17.4 Å². The van der Waals surface area contributed by atoms with Crippen LogP contribution in [0.1, 0.15) is 115 Å². The molecule has 0 saturated carbocycles. The molecule has 0 aliphatic rings. The van der Waals surface area contributed by atoms with E-state index in [4.69, 9.17) is 18.9 Å². The highest BCUT2D eigenvalue weighted by molar-refractivity contribution is 5.92. The molecule has 8 nitrogen and oxygen atoms in total. The number of benzene rings is 3. The standard InChI is InChI=1S/C41H55NO7/c1-9-10-12-17-30(33-20-19-32(46-7)26-36(33)47-8)24-37(43)42-35-25-31(18-21-34(35)40(2,3)4)41(5,6)28-49-39(45)23-22-38(44)48-27-29-15-13-11-14-16-29/h11,13-16,18-21,25-26,30H,9-10,12,17,22-24,27-28H2,1-8H3,(H,42,43). The molecule has 0 bridgehead atoms. The van der Waals surface area contributed by atoms with Gasteiger partial charge in [0, 0.05) is 23.6 Å². The predicted octanol–water partition coefficient (Wildman–Crippen LogP) is 9.04. The maximum Gasteiger partial charge on any atom is 0.306 e. The summed E-state index contributed by atoms with van der Waals surface area (Å²) < 4.78 is 22.0. The van der Waals surface area contributed by atoms with Gasteiger partial charge in [-0.2, -0.15) is 0 Å². The lowest BCUT2D eigenvalue weighted by atomic mass is 9.80. The smallest absolute Gasteiger partial charge is 0.306 e. The van der Waals surface area contributed by atoms with Crippen LogP contribution in [0.5, 0.6) is 11.5 Å². The van der Waals surface area contributed by atoms with E-state index in [-0.39, 0.29) is 43.3 Å². The van der Waals surface area contributed by atoms with Crippen molar-refractivity contribution in [3.8, 4) is 11.5 Å². The van der Waals surface area contributed by atoms with E-state index in [1.54, 1.807) is 14.2 Å². The largest absolute Gasteiger partial charge is 0.497 e. The zero-order valence-corrected chi connectivity index (χ0v) is 30.6. The molecule has 0 aliphatic heterocycles. The van der Waals surface area contributed by atoms with E-state index in [2.05, 4.69) is 33.0 Å². The van der Waals surface area contributed by atoms with Gasteiger partial charge in [0.25, 0.3) is 0 Å². The van der Waals surface area contributed by atoms with Gasteiger partial charge in [-0.1, -0.05) is 109 Å². The van der Waals surface area contributed by atoms with Gasteiger partial charge in [-0.25, -0.2) is 0 Å². The monoisotopic (exact) mass is 673 g/mol. The molecule has 0 radical (unpaired) electrons. The molecule has 3 aromatic rings. The molecule has 1 unspecified atom stereocenters. The summed E-state index contributed by atoms with van der Waals surface area (Å²) in [6.45, 7) is 12.8. The van der Waals surface area contributed by atoms with Crippen LogP contribution in [0.25, 0.3) is 0 Å². The predicted molar refractivity (Wildman–Crippen MR) is 194 cm³/mol. The molecule has 3 aromatic carbocycles. The second-order valence-corrected chi connectivity index (χ2v) is 14.3. The highest BCUT2D eigenvalue weighted by atomic mass is 16.5. The van der Waals surface area contributed by atoms with Crippen molar-refractivity contribution in [3.63, 3.8) is 0 Å². The number of ether oxygens (including phenoxy) is 4. The van der Waals surface area contributed by atoms with Crippen LogP contribution in [0.3, 0.4) is 0 Å². The summed E-state index contributed by atoms with van der Waals surface area (Å²) >= 11 is 0. The molecule has 0 fully saturated rings. The van der Waals surface area contributed by atoms with E-state index in [1.807, 2.05) is 80.6 Å². The molecule has 1 amide bonds. The van der Waals surface area contributed by atoms with Crippen molar-refractivity contribution in [2.45, 2.75) is 110 Å². The first-order chi connectivity index (χ1) is 23.3. The molecule has 8 heteroatoms. The molecule has 0 spiro atoms. The Balaban J connectivity index is 1.70. The fourth-order valence-electron chi connectivity index (χ4n) is 5.74. The van der Waals surface area contributed by atoms with Crippen LogP contribution < -0.4 is 14.8 Å². The topological polar surface area (TPSA) is 100 Å². The van der Waals surface area contributed by atoms with Crippen LogP contribution in [-0.2, 0) is 41.3 Å². The van der Waals surface area contributed by atoms with Crippen LogP contribution >= 0.6 is 0 Å². The highest BCUT2D eigenvalue weighted by Gasteiger charge is 2.28. The van der Waals surface area contributed by atoms with Crippen LogP contribution in [-0.4, -0.2) is 38.7 Å². The van der Waals surface area contributed by atoms with Gasteiger partial charge < -0.3 is 24.3 Å². The van der Waals surface area contributed by atoms with Gasteiger partial charge in [0.15, 0.2) is 0 Å². The Morgan fingerprint density at radius 2 is 1.49 bits per heavy atom. The van der Waals surface area contributed by atoms with Gasteiger partial charge in [-0.15, -0.1) is 0 Å². The zero-order valence-electron chi connectivity index (χ0n) is 30.6. The fourth-order valence-corrected chi connectivity index (χ4v) is 5.74. The third kappa shape index (κ3) is 12.3. The number of rotatable bonds is 18. The molecule has 266 valence electrons. The first-order valence-corrected chi connectivity index (χ1v) is 17.3. The molecule has 0 aliphatic carbocycles. The Kier molecular flexibility index (Phi) is 14.7. The second-order valence-electron chi connectivity index (χ2n) is 14.3. The van der Waals surface area contributed by atoms with Gasteiger partial charge in [-0.3, -0.25) is 14.4 Å². The number of methoxy groups -OCH3 is 2. The van der Waals surface area contributed by atoms with Crippen molar-refractivity contribution in [2.75, 3.05) is 26.1 Å². The summed E-state index contributed by atoms with van der Waals surface area (Å²) in [6.07, 6.45) is 4.23. The lowest BCUT2D eigenvalue weighted by Crippen LogP contribution is -2.28. The maximum absolute atomic E-state index is 13.8. The molecule has 49 heavy (non-hydrogen) atoms. The average molecular weight is 674 g/mol. The van der Waals surface area contributed by atoms with Crippen LogP contribution in [0.4, 0.5) is 5.69 Å². The Hall–Kier alpha value is -4.33. The molecule has 0 aromatic heterocycles. The first kappa shape index (κ1) is 39.1. The zero-order chi connectivity index (χ0) is 36.0. The van der Waals surface area contributed by atoms with Gasteiger partial charge in [0.05, 0.1) is 27.1 Å². The molecule has 1 N–H and O–H groups in total. The van der Waals surface area contributed by atoms with Crippen molar-refractivity contribution in [3.05, 3.63) is 89.0 Å². The number of unbranched alkanes of at least 4 members (excludes halogenated alkanes) is 2. The Morgan fingerprint density at radius 3 is 2.12 bits per heavy atom. The number of hydrogen-bond acceptors (Lipinski definition) is 7. The second kappa shape index (κ2) is 18.4. The van der Waals surface area contributed by atoms with Crippen molar-refractivity contribution in [1.82, 2.24) is 0 Å². The fraction of sp³-hybridized carbons (Fsp3) is 0.488. The summed E-state index contributed by atoms with van der Waals surface area (Å²) in [5.41, 5.74) is 3.76. The molecular formula is C41H55NO7. The third-order valence-electron chi connectivity index (χ3n) is 8.72. The van der Waals surface area contributed by atoms with Gasteiger partial charge >= 0.3 is 11.9 Å². The highest BCUT2D eigenvalue weighted by Crippen LogP contribution is 2.38. The minimum Gasteiger partial charge on any atom is -0.497 e. The summed E-state index contributed by atoms with van der Waals surface area (Å²) in [5, 5.41) is 3.24. The lowest BCUT2D eigenvalue weighted by molar-refractivity contribution is -0.151. The van der Waals surface area contributed by atoms with Crippen molar-refractivity contribution < 1.29 is 33.3 Å². The average Bonchev–Trinajstić information content (AvgIpc) is 3.08. The van der Waals surface area contributed by atoms with Gasteiger partial charge in [-0.05, 0) is 52.1 Å². The summed E-state index contributed by atoms with van der Waals surface area (Å²) in [6, 6.07) is 21.2. The quantitative estimate of drug-likeness (QED) is 0.106. The Morgan fingerprint density at radius 1 is 0.796 bits per heavy atom. The van der Waals surface area contributed by atoms with E-state index in [0.29, 0.717) is 17.9 Å². The molecular weight excluding hydrogens is 618 g/mol. The number of carbonyl (C=O) groups excluding carboxylic acids is 3. The van der Waals surface area contributed by atoms with Crippen molar-refractivity contribution in [2.24, 2.45) is 0 Å². The van der Waals surface area contributed by atoms with E-state index in [0.717, 1.165) is 53.6 Å². The third-order valence-corrected chi connectivity index (χ3v) is 8.72. The minimum absolute atomic E-state index is 0.0276. The van der Waals surface area contributed by atoms with E-state index in [1.165, 1.54) is 0 Å². The summed E-state index contributed by atoms with van der Waals surface area (Å²) in [4.78, 5) is 38.5.